The zero-order valence-corrected chi connectivity index (χ0v) is 10.7. The Morgan fingerprint density at radius 3 is 2.47 bits per heavy atom. The molecule has 0 saturated heterocycles. The van der Waals surface area contributed by atoms with E-state index in [2.05, 4.69) is 10.6 Å². The van der Waals surface area contributed by atoms with E-state index < -0.39 is 11.4 Å². The van der Waals surface area contributed by atoms with Gasteiger partial charge in [-0.05, 0) is 26.7 Å². The fourth-order valence-electron chi connectivity index (χ4n) is 1.13. The molecule has 1 atom stereocenters. The second kappa shape index (κ2) is 7.70. The van der Waals surface area contributed by atoms with Crippen LogP contribution in [-0.2, 0) is 4.79 Å². The van der Waals surface area contributed by atoms with E-state index in [1.165, 1.54) is 0 Å². The number of hydrogen-bond donors (Lipinski definition) is 3. The van der Waals surface area contributed by atoms with Crippen molar-refractivity contribution < 1.29 is 14.7 Å². The third kappa shape index (κ3) is 5.94. The van der Waals surface area contributed by atoms with Gasteiger partial charge in [0.1, 0.15) is 0 Å². The van der Waals surface area contributed by atoms with Crippen molar-refractivity contribution in [2.24, 2.45) is 5.41 Å². The van der Waals surface area contributed by atoms with E-state index in [-0.39, 0.29) is 12.6 Å². The summed E-state index contributed by atoms with van der Waals surface area (Å²) in [7, 11) is 0. The maximum Gasteiger partial charge on any atom is 0.314 e. The smallest absolute Gasteiger partial charge is 0.314 e. The zero-order valence-electron chi connectivity index (χ0n) is 10.7. The lowest BCUT2D eigenvalue weighted by Gasteiger charge is -2.23. The molecule has 98 valence electrons. The standard InChI is InChI=1S/C12H22N2O3/c1-4-6-7-8-13-11(17)14-9-12(3,5-2)10(15)16/h4,6H,5,7-9H2,1-3H3,(H,15,16)(H2,13,14,17)/b6-4+. The number of carbonyl (C=O) groups excluding carboxylic acids is 1. The zero-order chi connectivity index (χ0) is 13.3. The molecule has 2 amide bonds. The fraction of sp³-hybridized carbons (Fsp3) is 0.667. The number of rotatable bonds is 7. The van der Waals surface area contributed by atoms with Gasteiger partial charge in [-0.25, -0.2) is 4.79 Å². The summed E-state index contributed by atoms with van der Waals surface area (Å²) < 4.78 is 0. The van der Waals surface area contributed by atoms with Crippen LogP contribution < -0.4 is 10.6 Å². The lowest BCUT2D eigenvalue weighted by Crippen LogP contribution is -2.44. The Labute approximate surface area is 102 Å². The van der Waals surface area contributed by atoms with Crippen molar-refractivity contribution in [1.29, 1.82) is 0 Å². The predicted molar refractivity (Wildman–Crippen MR) is 66.9 cm³/mol. The largest absolute Gasteiger partial charge is 0.481 e. The van der Waals surface area contributed by atoms with Crippen LogP contribution in [0, 0.1) is 5.41 Å². The van der Waals surface area contributed by atoms with Gasteiger partial charge in [-0.15, -0.1) is 0 Å². The minimum atomic E-state index is -0.902. The van der Waals surface area contributed by atoms with Gasteiger partial charge in [0, 0.05) is 13.1 Å². The first kappa shape index (κ1) is 15.5. The molecule has 17 heavy (non-hydrogen) atoms. The van der Waals surface area contributed by atoms with E-state index >= 15 is 0 Å². The van der Waals surface area contributed by atoms with Crippen LogP contribution in [-0.4, -0.2) is 30.2 Å². The van der Waals surface area contributed by atoms with E-state index in [9.17, 15) is 9.59 Å². The average Bonchev–Trinajstić information content (AvgIpc) is 2.31. The van der Waals surface area contributed by atoms with Gasteiger partial charge >= 0.3 is 12.0 Å². The van der Waals surface area contributed by atoms with E-state index in [0.29, 0.717) is 13.0 Å². The number of carboxylic acids is 1. The molecular weight excluding hydrogens is 220 g/mol. The van der Waals surface area contributed by atoms with E-state index in [1.807, 2.05) is 19.1 Å². The molecule has 0 fully saturated rings. The summed E-state index contributed by atoms with van der Waals surface area (Å²) in [6.07, 6.45) is 5.11. The highest BCUT2D eigenvalue weighted by Gasteiger charge is 2.31. The molecule has 5 heteroatoms. The van der Waals surface area contributed by atoms with Crippen molar-refractivity contribution in [1.82, 2.24) is 10.6 Å². The number of allylic oxidation sites excluding steroid dienone is 1. The third-order valence-electron chi connectivity index (χ3n) is 2.77. The quantitative estimate of drug-likeness (QED) is 0.470. The maximum absolute atomic E-state index is 11.4. The maximum atomic E-state index is 11.4. The van der Waals surface area contributed by atoms with Crippen molar-refractivity contribution in [3.05, 3.63) is 12.2 Å². The molecule has 0 aromatic rings. The topological polar surface area (TPSA) is 78.4 Å². The van der Waals surface area contributed by atoms with E-state index in [4.69, 9.17) is 5.11 Å². The van der Waals surface area contributed by atoms with Crippen LogP contribution in [0.4, 0.5) is 4.79 Å². The average molecular weight is 242 g/mol. The number of carboxylic acid groups (broad SMARTS) is 1. The minimum Gasteiger partial charge on any atom is -0.481 e. The second-order valence-corrected chi connectivity index (χ2v) is 4.19. The van der Waals surface area contributed by atoms with Crippen molar-refractivity contribution in [2.45, 2.75) is 33.6 Å². The predicted octanol–water partition coefficient (Wildman–Crippen LogP) is 1.75. The van der Waals surface area contributed by atoms with Crippen LogP contribution in [0.15, 0.2) is 12.2 Å². The molecule has 0 aliphatic carbocycles. The number of hydrogen-bond acceptors (Lipinski definition) is 2. The molecule has 0 aromatic heterocycles. The molecular formula is C12H22N2O3. The molecule has 0 bridgehead atoms. The lowest BCUT2D eigenvalue weighted by atomic mass is 9.88. The van der Waals surface area contributed by atoms with Gasteiger partial charge in [0.25, 0.3) is 0 Å². The van der Waals surface area contributed by atoms with Gasteiger partial charge in [-0.1, -0.05) is 19.1 Å². The summed E-state index contributed by atoms with van der Waals surface area (Å²) in [4.78, 5) is 22.3. The highest BCUT2D eigenvalue weighted by molar-refractivity contribution is 5.77. The highest BCUT2D eigenvalue weighted by atomic mass is 16.4. The molecule has 5 nitrogen and oxygen atoms in total. The summed E-state index contributed by atoms with van der Waals surface area (Å²) in [6.45, 7) is 6.01. The molecule has 0 heterocycles. The van der Waals surface area contributed by atoms with Crippen LogP contribution >= 0.6 is 0 Å². The number of aliphatic carboxylic acids is 1. The fourth-order valence-corrected chi connectivity index (χ4v) is 1.13. The lowest BCUT2D eigenvalue weighted by molar-refractivity contribution is -0.147. The van der Waals surface area contributed by atoms with Crippen molar-refractivity contribution >= 4 is 12.0 Å². The molecule has 0 aliphatic heterocycles. The molecule has 3 N–H and O–H groups in total. The number of nitrogens with one attached hydrogen (secondary N) is 2. The molecule has 0 saturated carbocycles. The summed E-state index contributed by atoms with van der Waals surface area (Å²) in [5.74, 6) is -0.894. The van der Waals surface area contributed by atoms with Crippen LogP contribution in [0.25, 0.3) is 0 Å². The Kier molecular flexibility index (Phi) is 7.02. The van der Waals surface area contributed by atoms with Gasteiger partial charge in [0.2, 0.25) is 0 Å². The van der Waals surface area contributed by atoms with Gasteiger partial charge in [-0.3, -0.25) is 4.79 Å². The Morgan fingerprint density at radius 1 is 1.35 bits per heavy atom. The van der Waals surface area contributed by atoms with Crippen molar-refractivity contribution in [3.63, 3.8) is 0 Å². The Balaban J connectivity index is 3.94. The molecule has 0 aromatic carbocycles. The monoisotopic (exact) mass is 242 g/mol. The highest BCUT2D eigenvalue weighted by Crippen LogP contribution is 2.19. The van der Waals surface area contributed by atoms with Crippen LogP contribution in [0.1, 0.15) is 33.6 Å². The van der Waals surface area contributed by atoms with Crippen molar-refractivity contribution in [2.75, 3.05) is 13.1 Å². The number of urea groups is 1. The minimum absolute atomic E-state index is 0.133. The van der Waals surface area contributed by atoms with E-state index in [1.54, 1.807) is 13.8 Å². The summed E-state index contributed by atoms with van der Waals surface area (Å²) in [5.41, 5.74) is -0.902. The van der Waals surface area contributed by atoms with Gasteiger partial charge in [0.05, 0.1) is 5.41 Å². The molecule has 1 unspecified atom stereocenters. The van der Waals surface area contributed by atoms with E-state index in [0.717, 1.165) is 6.42 Å². The van der Waals surface area contributed by atoms with Crippen LogP contribution in [0.5, 0.6) is 0 Å². The Hall–Kier alpha value is -1.52. The van der Waals surface area contributed by atoms with Crippen molar-refractivity contribution in [3.8, 4) is 0 Å². The first-order valence-corrected chi connectivity index (χ1v) is 5.82. The molecule has 0 aliphatic rings. The summed E-state index contributed by atoms with van der Waals surface area (Å²) in [5, 5.41) is 14.2. The third-order valence-corrected chi connectivity index (χ3v) is 2.77. The first-order chi connectivity index (χ1) is 7.96. The number of amides is 2. The first-order valence-electron chi connectivity index (χ1n) is 5.82. The van der Waals surface area contributed by atoms with Gasteiger partial charge < -0.3 is 15.7 Å². The second-order valence-electron chi connectivity index (χ2n) is 4.19. The van der Waals surface area contributed by atoms with Gasteiger partial charge in [0.15, 0.2) is 0 Å². The van der Waals surface area contributed by atoms with Crippen LogP contribution in [0.3, 0.4) is 0 Å². The normalized spacial score (nSPS) is 14.3. The van der Waals surface area contributed by atoms with Gasteiger partial charge in [-0.2, -0.15) is 0 Å². The summed E-state index contributed by atoms with van der Waals surface area (Å²) >= 11 is 0. The molecule has 0 spiro atoms. The van der Waals surface area contributed by atoms with Crippen LogP contribution in [0.2, 0.25) is 0 Å². The Morgan fingerprint density at radius 2 is 2.00 bits per heavy atom. The molecule has 0 rings (SSSR count). The molecule has 0 radical (unpaired) electrons. The summed E-state index contributed by atoms with van der Waals surface area (Å²) in [6, 6.07) is -0.324. The Bertz CT molecular complexity index is 289. The SMILES string of the molecule is C/C=C/CCNC(=O)NCC(C)(CC)C(=O)O. The number of carbonyl (C=O) groups is 2.